The van der Waals surface area contributed by atoms with E-state index in [1.807, 2.05) is 0 Å². The van der Waals surface area contributed by atoms with Gasteiger partial charge in [0.2, 0.25) is 0 Å². The highest BCUT2D eigenvalue weighted by molar-refractivity contribution is 6.31. The molecule has 6 heteroatoms. The minimum Gasteiger partial charge on any atom is -0.478 e. The van der Waals surface area contributed by atoms with Gasteiger partial charge in [-0.05, 0) is 42.9 Å². The van der Waals surface area contributed by atoms with Crippen molar-refractivity contribution >= 4 is 29.3 Å². The zero-order chi connectivity index (χ0) is 15.5. The summed E-state index contributed by atoms with van der Waals surface area (Å²) in [6.45, 7) is 2.77. The Balaban J connectivity index is 1.95. The number of carbonyl (C=O) groups is 2. The molecule has 0 unspecified atom stereocenters. The molecule has 1 aliphatic carbocycles. The number of carbonyl (C=O) groups excluding carboxylic acids is 1. The minimum atomic E-state index is -1.08. The molecule has 2 amide bonds. The maximum absolute atomic E-state index is 11.9. The highest BCUT2D eigenvalue weighted by atomic mass is 35.5. The molecule has 0 spiro atoms. The zero-order valence-corrected chi connectivity index (χ0v) is 12.7. The number of carboxylic acid groups (broad SMARTS) is 1. The Morgan fingerprint density at radius 3 is 2.57 bits per heavy atom. The fourth-order valence-corrected chi connectivity index (χ4v) is 2.80. The Labute approximate surface area is 128 Å². The monoisotopic (exact) mass is 310 g/mol. The highest BCUT2D eigenvalue weighted by Crippen LogP contribution is 2.43. The number of hydrogen-bond acceptors (Lipinski definition) is 2. The van der Waals surface area contributed by atoms with Crippen LogP contribution in [0.15, 0.2) is 18.2 Å². The van der Waals surface area contributed by atoms with Gasteiger partial charge in [-0.3, -0.25) is 0 Å². The lowest BCUT2D eigenvalue weighted by molar-refractivity contribution is 0.0697. The number of urea groups is 1. The summed E-state index contributed by atoms with van der Waals surface area (Å²) in [5.74, 6) is -1.08. The number of halogens is 1. The van der Waals surface area contributed by atoms with Gasteiger partial charge in [-0.1, -0.05) is 24.9 Å². The minimum absolute atomic E-state index is 0.0434. The normalized spacial score (nSPS) is 15.9. The second-order valence-electron chi connectivity index (χ2n) is 5.55. The first kappa shape index (κ1) is 15.6. The lowest BCUT2D eigenvalue weighted by Gasteiger charge is -2.41. The van der Waals surface area contributed by atoms with Gasteiger partial charge in [0.25, 0.3) is 0 Å². The van der Waals surface area contributed by atoms with Crippen molar-refractivity contribution in [3.05, 3.63) is 28.8 Å². The average molecular weight is 311 g/mol. The number of hydrogen-bond donors (Lipinski definition) is 3. The molecule has 2 rings (SSSR count). The molecular weight excluding hydrogens is 292 g/mol. The van der Waals surface area contributed by atoms with E-state index >= 15 is 0 Å². The van der Waals surface area contributed by atoms with Gasteiger partial charge in [0.15, 0.2) is 0 Å². The summed E-state index contributed by atoms with van der Waals surface area (Å²) in [6, 6.07) is 3.90. The maximum Gasteiger partial charge on any atom is 0.335 e. The van der Waals surface area contributed by atoms with Crippen LogP contribution in [0.2, 0.25) is 5.02 Å². The molecule has 0 atom stereocenters. The molecule has 0 aromatic heterocycles. The number of anilines is 1. The van der Waals surface area contributed by atoms with E-state index in [1.54, 1.807) is 0 Å². The lowest BCUT2D eigenvalue weighted by atomic mass is 9.67. The molecule has 1 aliphatic rings. The third-order valence-corrected chi connectivity index (χ3v) is 4.41. The van der Waals surface area contributed by atoms with Crippen molar-refractivity contribution in [1.29, 1.82) is 0 Å². The largest absolute Gasteiger partial charge is 0.478 e. The molecule has 5 nitrogen and oxygen atoms in total. The van der Waals surface area contributed by atoms with Crippen molar-refractivity contribution in [1.82, 2.24) is 5.32 Å². The quantitative estimate of drug-likeness (QED) is 0.775. The third-order valence-electron chi connectivity index (χ3n) is 4.19. The number of rotatable bonds is 5. The van der Waals surface area contributed by atoms with Crippen molar-refractivity contribution in [3.8, 4) is 0 Å². The van der Waals surface area contributed by atoms with E-state index in [9.17, 15) is 9.59 Å². The Kier molecular flexibility index (Phi) is 4.73. The van der Waals surface area contributed by atoms with Crippen LogP contribution in [0.5, 0.6) is 0 Å². The van der Waals surface area contributed by atoms with Crippen LogP contribution < -0.4 is 10.6 Å². The average Bonchev–Trinajstić information content (AvgIpc) is 2.37. The Bertz CT molecular complexity index is 550. The molecule has 114 valence electrons. The van der Waals surface area contributed by atoms with Crippen LogP contribution in [0.3, 0.4) is 0 Å². The number of aromatic carboxylic acids is 1. The van der Waals surface area contributed by atoms with Gasteiger partial charge in [-0.25, -0.2) is 9.59 Å². The molecule has 1 fully saturated rings. The number of amides is 2. The first-order chi connectivity index (χ1) is 9.94. The molecule has 0 heterocycles. The van der Waals surface area contributed by atoms with Crippen LogP contribution in [-0.2, 0) is 0 Å². The summed E-state index contributed by atoms with van der Waals surface area (Å²) < 4.78 is 0. The van der Waals surface area contributed by atoms with E-state index in [4.69, 9.17) is 16.7 Å². The highest BCUT2D eigenvalue weighted by Gasteiger charge is 2.35. The fourth-order valence-electron chi connectivity index (χ4n) is 2.56. The van der Waals surface area contributed by atoms with Crippen LogP contribution in [-0.4, -0.2) is 23.7 Å². The predicted molar refractivity (Wildman–Crippen MR) is 82.0 cm³/mol. The second-order valence-corrected chi connectivity index (χ2v) is 5.98. The van der Waals surface area contributed by atoms with Crippen LogP contribution in [0.25, 0.3) is 0 Å². The summed E-state index contributed by atoms with van der Waals surface area (Å²) in [5.41, 5.74) is 0.649. The van der Waals surface area contributed by atoms with E-state index < -0.39 is 5.97 Å². The van der Waals surface area contributed by atoms with E-state index in [0.717, 1.165) is 19.3 Å². The summed E-state index contributed by atoms with van der Waals surface area (Å²) >= 11 is 5.85. The smallest absolute Gasteiger partial charge is 0.335 e. The summed E-state index contributed by atoms with van der Waals surface area (Å²) in [4.78, 5) is 22.8. The topological polar surface area (TPSA) is 78.4 Å². The van der Waals surface area contributed by atoms with Gasteiger partial charge in [0.05, 0.1) is 5.56 Å². The van der Waals surface area contributed by atoms with E-state index in [2.05, 4.69) is 17.6 Å². The van der Waals surface area contributed by atoms with Crippen LogP contribution >= 0.6 is 11.6 Å². The number of carboxylic acids is 1. The number of benzene rings is 1. The summed E-state index contributed by atoms with van der Waals surface area (Å²) in [6.07, 6.45) is 4.55. The molecule has 3 N–H and O–H groups in total. The van der Waals surface area contributed by atoms with Gasteiger partial charge in [0.1, 0.15) is 0 Å². The molecule has 0 bridgehead atoms. The fraction of sp³-hybridized carbons (Fsp3) is 0.467. The molecule has 1 saturated carbocycles. The van der Waals surface area contributed by atoms with Crippen molar-refractivity contribution in [2.24, 2.45) is 5.41 Å². The van der Waals surface area contributed by atoms with Gasteiger partial charge >= 0.3 is 12.0 Å². The maximum atomic E-state index is 11.9. The van der Waals surface area contributed by atoms with Crippen LogP contribution in [0.4, 0.5) is 10.5 Å². The van der Waals surface area contributed by atoms with E-state index in [0.29, 0.717) is 12.2 Å². The summed E-state index contributed by atoms with van der Waals surface area (Å²) in [5, 5.41) is 14.7. The van der Waals surface area contributed by atoms with Crippen molar-refractivity contribution in [2.75, 3.05) is 11.9 Å². The number of nitrogens with one attached hydrogen (secondary N) is 2. The molecule has 0 aliphatic heterocycles. The van der Waals surface area contributed by atoms with Crippen molar-refractivity contribution < 1.29 is 14.7 Å². The van der Waals surface area contributed by atoms with E-state index in [1.165, 1.54) is 24.6 Å². The Hall–Kier alpha value is -1.75. The van der Waals surface area contributed by atoms with Gasteiger partial charge in [-0.15, -0.1) is 0 Å². The SMILES string of the molecule is CCC1(CNC(=O)Nc2cc(Cl)cc(C(=O)O)c2)CCC1. The zero-order valence-electron chi connectivity index (χ0n) is 11.9. The molecule has 1 aromatic carbocycles. The first-order valence-corrected chi connectivity index (χ1v) is 7.41. The van der Waals surface area contributed by atoms with E-state index in [-0.39, 0.29) is 22.0 Å². The van der Waals surface area contributed by atoms with Gasteiger partial charge < -0.3 is 15.7 Å². The molecular formula is C15H19ClN2O3. The second kappa shape index (κ2) is 6.35. The molecule has 0 saturated heterocycles. The Morgan fingerprint density at radius 1 is 1.33 bits per heavy atom. The van der Waals surface area contributed by atoms with Crippen molar-refractivity contribution in [3.63, 3.8) is 0 Å². The molecule has 0 radical (unpaired) electrons. The summed E-state index contributed by atoms with van der Waals surface area (Å²) in [7, 11) is 0. The molecule has 1 aromatic rings. The van der Waals surface area contributed by atoms with Crippen LogP contribution in [0, 0.1) is 5.41 Å². The van der Waals surface area contributed by atoms with Gasteiger partial charge in [-0.2, -0.15) is 0 Å². The predicted octanol–water partition coefficient (Wildman–Crippen LogP) is 3.74. The third kappa shape index (κ3) is 3.88. The Morgan fingerprint density at radius 2 is 2.05 bits per heavy atom. The first-order valence-electron chi connectivity index (χ1n) is 7.03. The van der Waals surface area contributed by atoms with Crippen molar-refractivity contribution in [2.45, 2.75) is 32.6 Å². The van der Waals surface area contributed by atoms with Gasteiger partial charge in [0, 0.05) is 17.3 Å². The lowest BCUT2D eigenvalue weighted by Crippen LogP contribution is -2.43. The molecule has 21 heavy (non-hydrogen) atoms. The van der Waals surface area contributed by atoms with Crippen LogP contribution in [0.1, 0.15) is 43.0 Å². The standard InChI is InChI=1S/C15H19ClN2O3/c1-2-15(4-3-5-15)9-17-14(21)18-12-7-10(13(19)20)6-11(16)8-12/h6-8H,2-5,9H2,1H3,(H,19,20)(H2,17,18,21).